The fourth-order valence-electron chi connectivity index (χ4n) is 8.23. The second-order valence-corrected chi connectivity index (χ2v) is 19.5. The molecule has 2 heterocycles. The molecule has 14 N–H and O–H groups in total. The number of hydrogen-bond acceptors (Lipinski definition) is 12. The highest BCUT2D eigenvalue weighted by molar-refractivity contribution is 5.98. The van der Waals surface area contributed by atoms with Crippen LogP contribution in [0.1, 0.15) is 90.5 Å². The fourth-order valence-corrected chi connectivity index (χ4v) is 8.23. The number of guanidine groups is 1. The third kappa shape index (κ3) is 17.9. The number of ether oxygens (including phenoxy) is 1. The number of aliphatic imine (C=N–C) groups is 1. The largest absolute Gasteiger partial charge is 0.497 e. The Hall–Kier alpha value is -7.56. The molecule has 3 aromatic rings. The van der Waals surface area contributed by atoms with Crippen molar-refractivity contribution >= 4 is 53.3 Å². The average Bonchev–Trinajstić information content (AvgIpc) is 4.08. The number of carbonyl (C=O) groups is 8. The Morgan fingerprint density at radius 2 is 1.41 bits per heavy atom. The topological polar surface area (TPSA) is 361 Å². The molecular formula is C51H75N13O10. The quantitative estimate of drug-likeness (QED) is 0.0258. The highest BCUT2D eigenvalue weighted by Crippen LogP contribution is 2.21. The Bertz CT molecular complexity index is 2390. The monoisotopic (exact) mass is 1030 g/mol. The zero-order valence-corrected chi connectivity index (χ0v) is 43.3. The van der Waals surface area contributed by atoms with Gasteiger partial charge in [-0.15, -0.1) is 0 Å². The number of nitrogens with zero attached hydrogens (tertiary/aromatic N) is 3. The number of rotatable bonds is 28. The summed E-state index contributed by atoms with van der Waals surface area (Å²) < 4.78 is 5.32. The molecule has 8 atom stereocenters. The van der Waals surface area contributed by atoms with Crippen LogP contribution in [0.25, 0.3) is 0 Å². The fraction of sp³-hybridized carbons (Fsp3) is 0.529. The molecule has 23 heteroatoms. The van der Waals surface area contributed by atoms with Gasteiger partial charge in [-0.05, 0) is 74.6 Å². The first-order chi connectivity index (χ1) is 35.0. The molecule has 7 amide bonds. The normalized spacial score (nSPS) is 16.2. The van der Waals surface area contributed by atoms with E-state index in [-0.39, 0.29) is 57.6 Å². The lowest BCUT2D eigenvalue weighted by Crippen LogP contribution is -2.62. The predicted molar refractivity (Wildman–Crippen MR) is 276 cm³/mol. The summed E-state index contributed by atoms with van der Waals surface area (Å²) in [5.41, 5.74) is 17.4. The van der Waals surface area contributed by atoms with E-state index in [2.05, 4.69) is 46.9 Å². The van der Waals surface area contributed by atoms with Crippen LogP contribution in [0.2, 0.25) is 0 Å². The number of hydrogen-bond donors (Lipinski definition) is 11. The van der Waals surface area contributed by atoms with Crippen molar-refractivity contribution in [1.29, 1.82) is 0 Å². The minimum Gasteiger partial charge on any atom is -0.497 e. The Labute approximate surface area is 431 Å². The second kappa shape index (κ2) is 28.0. The second-order valence-electron chi connectivity index (χ2n) is 19.5. The zero-order chi connectivity index (χ0) is 54.7. The molecule has 0 spiro atoms. The van der Waals surface area contributed by atoms with E-state index in [1.165, 1.54) is 38.4 Å². The average molecular weight is 1030 g/mol. The first kappa shape index (κ1) is 59.0. The first-order valence-electron chi connectivity index (χ1n) is 24.9. The Kier molecular flexibility index (Phi) is 22.4. The van der Waals surface area contributed by atoms with Crippen LogP contribution in [0.15, 0.2) is 72.1 Å². The number of carboxylic acid groups (broad SMARTS) is 1. The molecule has 2 aromatic carbocycles. The van der Waals surface area contributed by atoms with Crippen LogP contribution < -0.4 is 53.8 Å². The van der Waals surface area contributed by atoms with Crippen molar-refractivity contribution < 1.29 is 48.2 Å². The molecule has 23 nitrogen and oxygen atoms in total. The molecule has 0 bridgehead atoms. The van der Waals surface area contributed by atoms with Crippen molar-refractivity contribution in [2.75, 3.05) is 20.2 Å². The number of aliphatic carboxylic acids is 1. The molecule has 1 aliphatic heterocycles. The number of aromatic nitrogens is 2. The van der Waals surface area contributed by atoms with E-state index in [1.54, 1.807) is 75.4 Å². The summed E-state index contributed by atoms with van der Waals surface area (Å²) in [6.45, 7) is 10.2. The first-order valence-corrected chi connectivity index (χ1v) is 24.9. The van der Waals surface area contributed by atoms with Crippen molar-refractivity contribution in [3.8, 4) is 5.75 Å². The van der Waals surface area contributed by atoms with Gasteiger partial charge in [-0.2, -0.15) is 0 Å². The molecule has 0 saturated carbocycles. The molecule has 0 aliphatic carbocycles. The highest BCUT2D eigenvalue weighted by atomic mass is 16.5. The van der Waals surface area contributed by atoms with Crippen molar-refractivity contribution in [2.24, 2.45) is 34.0 Å². The molecule has 404 valence electrons. The van der Waals surface area contributed by atoms with Gasteiger partial charge in [-0.3, -0.25) is 38.6 Å². The number of H-pyrrole nitrogens is 1. The Balaban J connectivity index is 1.60. The lowest BCUT2D eigenvalue weighted by molar-refractivity contribution is -0.145. The van der Waals surface area contributed by atoms with Gasteiger partial charge in [0.25, 0.3) is 0 Å². The summed E-state index contributed by atoms with van der Waals surface area (Å²) >= 11 is 0. The van der Waals surface area contributed by atoms with Crippen LogP contribution in [0.4, 0.5) is 0 Å². The van der Waals surface area contributed by atoms with E-state index in [1.807, 2.05) is 6.92 Å². The van der Waals surface area contributed by atoms with Crippen LogP contribution in [0.3, 0.4) is 0 Å². The van der Waals surface area contributed by atoms with Gasteiger partial charge in [-0.1, -0.05) is 76.6 Å². The molecule has 4 rings (SSSR count). The summed E-state index contributed by atoms with van der Waals surface area (Å²) in [6, 6.07) is 7.06. The number of nitrogens with one attached hydrogen (secondary N) is 7. The minimum atomic E-state index is -1.34. The van der Waals surface area contributed by atoms with Crippen LogP contribution in [-0.2, 0) is 57.6 Å². The number of aromatic amines is 1. The van der Waals surface area contributed by atoms with Gasteiger partial charge in [0.1, 0.15) is 48.0 Å². The van der Waals surface area contributed by atoms with E-state index in [4.69, 9.17) is 21.9 Å². The summed E-state index contributed by atoms with van der Waals surface area (Å²) in [5, 5.41) is 26.5. The maximum absolute atomic E-state index is 14.6. The molecular weight excluding hydrogens is 955 g/mol. The maximum atomic E-state index is 14.6. The maximum Gasteiger partial charge on any atom is 0.326 e. The van der Waals surface area contributed by atoms with Crippen molar-refractivity contribution in [1.82, 2.24) is 46.8 Å². The molecule has 1 fully saturated rings. The Morgan fingerprint density at radius 3 is 1.99 bits per heavy atom. The minimum absolute atomic E-state index is 0.0165. The van der Waals surface area contributed by atoms with Crippen molar-refractivity contribution in [3.05, 3.63) is 83.9 Å². The van der Waals surface area contributed by atoms with Gasteiger partial charge in [0, 0.05) is 44.2 Å². The smallest absolute Gasteiger partial charge is 0.326 e. The van der Waals surface area contributed by atoms with Crippen LogP contribution in [0.5, 0.6) is 5.75 Å². The lowest BCUT2D eigenvalue weighted by atomic mass is 9.96. The number of imidazole rings is 1. The lowest BCUT2D eigenvalue weighted by Gasteiger charge is -2.32. The van der Waals surface area contributed by atoms with Gasteiger partial charge in [-0.25, -0.2) is 9.78 Å². The third-order valence-corrected chi connectivity index (χ3v) is 12.8. The van der Waals surface area contributed by atoms with Crippen molar-refractivity contribution in [2.45, 2.75) is 141 Å². The van der Waals surface area contributed by atoms with Crippen LogP contribution in [-0.4, -0.2) is 141 Å². The number of carbonyl (C=O) groups excluding carboxylic acids is 7. The molecule has 0 radical (unpaired) electrons. The number of amides is 7. The summed E-state index contributed by atoms with van der Waals surface area (Å²) in [5.74, 6) is -6.70. The molecule has 1 saturated heterocycles. The zero-order valence-electron chi connectivity index (χ0n) is 43.3. The molecule has 1 aliphatic rings. The summed E-state index contributed by atoms with van der Waals surface area (Å²) in [4.78, 5) is 123. The Morgan fingerprint density at radius 1 is 0.797 bits per heavy atom. The highest BCUT2D eigenvalue weighted by Gasteiger charge is 2.41. The number of nitrogens with two attached hydrogens (primary N) is 3. The molecule has 0 unspecified atom stereocenters. The number of likely N-dealkylation sites (tertiary alicyclic amines) is 1. The van der Waals surface area contributed by atoms with E-state index >= 15 is 0 Å². The van der Waals surface area contributed by atoms with Gasteiger partial charge in [0.05, 0.1) is 19.0 Å². The van der Waals surface area contributed by atoms with Gasteiger partial charge < -0.3 is 68.8 Å². The number of methoxy groups -OCH3 is 1. The molecule has 74 heavy (non-hydrogen) atoms. The van der Waals surface area contributed by atoms with Gasteiger partial charge in [0.15, 0.2) is 5.96 Å². The predicted octanol–water partition coefficient (Wildman–Crippen LogP) is -0.0764. The standard InChI is InChI=1S/C51H75N13O10/c1-8-30(4)41(46(69)59-37(26-33-27-55-28-57-33)47(70)64-23-13-17-39(64)44(67)60-38(48(71)72)25-31-14-10-9-11-15-31)63-43(66)36(24-32-18-20-34(74-7)21-19-32)58-45(68)40(29(2)3)62-42(65)35(16-12-22-56-50(52)53)61-49(73)51(5,6)54/h9-11,14-15,18-21,27-30,35-41H,8,12-13,16-17,22-26,54H2,1-7H3,(H,55,57)(H,58,68)(H,59,69)(H,60,67)(H,61,73)(H,62,65)(H,63,66)(H,71,72)(H4,52,53,56)/t30-,35-,36-,37-,38-,39-,40-,41-/m0/s1. The molecule has 1 aromatic heterocycles. The number of carboxylic acids is 1. The van der Waals surface area contributed by atoms with Crippen molar-refractivity contribution in [3.63, 3.8) is 0 Å². The SMILES string of the molecule is CC[C@H](C)[C@H](NC(=O)[C@H](Cc1ccc(OC)cc1)NC(=O)[C@@H](NC(=O)[C@H](CCCN=C(N)N)NC(=O)C(C)(C)N)C(C)C)C(=O)N[C@@H](Cc1cnc[nH]1)C(=O)N1CCC[C@H]1C(=O)N[C@@H](Cc1ccccc1)C(=O)O. The van der Waals surface area contributed by atoms with Gasteiger partial charge >= 0.3 is 5.97 Å². The third-order valence-electron chi connectivity index (χ3n) is 12.8. The summed E-state index contributed by atoms with van der Waals surface area (Å²) in [7, 11) is 1.50. The van der Waals surface area contributed by atoms with Crippen LogP contribution in [0, 0.1) is 11.8 Å². The van der Waals surface area contributed by atoms with E-state index in [9.17, 15) is 43.5 Å². The van der Waals surface area contributed by atoms with Crippen LogP contribution >= 0.6 is 0 Å². The van der Waals surface area contributed by atoms with Gasteiger partial charge in [0.2, 0.25) is 41.4 Å². The van der Waals surface area contributed by atoms with E-state index in [0.717, 1.165) is 0 Å². The van der Waals surface area contributed by atoms with E-state index < -0.39 is 107 Å². The van der Waals surface area contributed by atoms with E-state index in [0.29, 0.717) is 35.4 Å². The number of benzene rings is 2. The summed E-state index contributed by atoms with van der Waals surface area (Å²) in [6.07, 6.45) is 4.21.